The molecular formula is C37H27NS. The Kier molecular flexibility index (Phi) is 4.80. The lowest BCUT2D eigenvalue weighted by Gasteiger charge is -2.20. The molecule has 0 N–H and O–H groups in total. The van der Waals surface area contributed by atoms with Crippen molar-refractivity contribution in [3.8, 4) is 38.4 Å². The molecule has 2 aromatic heterocycles. The van der Waals surface area contributed by atoms with Gasteiger partial charge in [-0.25, -0.2) is 0 Å². The van der Waals surface area contributed by atoms with Crippen LogP contribution in [0.1, 0.15) is 24.3 Å². The Bertz CT molecular complexity index is 1980. The Morgan fingerprint density at radius 2 is 1.18 bits per heavy atom. The molecule has 2 heteroatoms. The maximum Gasteiger partial charge on any atom is 0.0541 e. The molecule has 0 unspecified atom stereocenters. The largest absolute Gasteiger partial charge is 0.309 e. The highest BCUT2D eigenvalue weighted by Crippen LogP contribution is 2.59. The molecule has 0 bridgehead atoms. The van der Waals surface area contributed by atoms with Crippen molar-refractivity contribution in [3.63, 3.8) is 0 Å². The number of hydrogen-bond donors (Lipinski definition) is 0. The van der Waals surface area contributed by atoms with E-state index in [1.54, 1.807) is 0 Å². The quantitative estimate of drug-likeness (QED) is 0.220. The molecule has 7 aromatic rings. The van der Waals surface area contributed by atoms with E-state index >= 15 is 0 Å². The molecule has 186 valence electrons. The zero-order valence-electron chi connectivity index (χ0n) is 22.0. The Balaban J connectivity index is 1.41. The van der Waals surface area contributed by atoms with E-state index < -0.39 is 0 Å². The molecular weight excluding hydrogens is 490 g/mol. The number of thiophene rings is 1. The van der Waals surface area contributed by atoms with Crippen LogP contribution in [0.5, 0.6) is 0 Å². The Labute approximate surface area is 232 Å². The monoisotopic (exact) mass is 517 g/mol. The second-order valence-corrected chi connectivity index (χ2v) is 12.0. The maximum atomic E-state index is 2.41. The highest BCUT2D eigenvalue weighted by Gasteiger charge is 2.40. The van der Waals surface area contributed by atoms with Gasteiger partial charge in [0.1, 0.15) is 0 Å². The van der Waals surface area contributed by atoms with Crippen LogP contribution >= 0.6 is 11.3 Å². The maximum absolute atomic E-state index is 2.41. The fraction of sp³-hybridized carbons (Fsp3) is 0.0811. The van der Waals surface area contributed by atoms with Crippen LogP contribution in [-0.2, 0) is 5.41 Å². The second-order valence-electron chi connectivity index (χ2n) is 11.0. The zero-order valence-corrected chi connectivity index (χ0v) is 22.8. The average Bonchev–Trinajstić information content (AvgIpc) is 3.61. The predicted molar refractivity (Wildman–Crippen MR) is 167 cm³/mol. The van der Waals surface area contributed by atoms with E-state index in [0.29, 0.717) is 0 Å². The zero-order chi connectivity index (χ0) is 26.1. The first kappa shape index (κ1) is 22.6. The van der Waals surface area contributed by atoms with Gasteiger partial charge in [-0.1, -0.05) is 117 Å². The van der Waals surface area contributed by atoms with Gasteiger partial charge in [-0.05, 0) is 46.5 Å². The molecule has 2 heterocycles. The van der Waals surface area contributed by atoms with Gasteiger partial charge in [0.05, 0.1) is 11.0 Å². The summed E-state index contributed by atoms with van der Waals surface area (Å²) < 4.78 is 2.41. The van der Waals surface area contributed by atoms with Gasteiger partial charge in [-0.3, -0.25) is 0 Å². The summed E-state index contributed by atoms with van der Waals surface area (Å²) in [4.78, 5) is 2.80. The third kappa shape index (κ3) is 3.19. The minimum absolute atomic E-state index is 0.0250. The van der Waals surface area contributed by atoms with E-state index in [9.17, 15) is 0 Å². The highest BCUT2D eigenvalue weighted by atomic mass is 32.1. The van der Waals surface area contributed by atoms with Crippen LogP contribution < -0.4 is 0 Å². The standard InChI is InChI=1S/C37H27NS/c1-37(2)30-20-9-6-19-29(30)34-33(24-13-4-3-5-14-24)35(39-36(34)37)25-15-12-16-26(23-25)38-31-21-10-7-17-27(31)28-18-8-11-22-32(28)38/h3-23H,1-2H3. The van der Waals surface area contributed by atoms with Crippen molar-refractivity contribution < 1.29 is 0 Å². The summed E-state index contributed by atoms with van der Waals surface area (Å²) in [5.74, 6) is 0. The van der Waals surface area contributed by atoms with Crippen molar-refractivity contribution in [2.75, 3.05) is 0 Å². The second kappa shape index (κ2) is 8.30. The SMILES string of the molecule is CC1(C)c2ccccc2-c2c1sc(-c1cccc(-n3c4ccccc4c4ccccc43)c1)c2-c1ccccc1. The van der Waals surface area contributed by atoms with E-state index in [1.807, 2.05) is 11.3 Å². The van der Waals surface area contributed by atoms with Crippen molar-refractivity contribution in [1.82, 2.24) is 4.57 Å². The molecule has 0 amide bonds. The summed E-state index contributed by atoms with van der Waals surface area (Å²) in [5.41, 5.74) is 11.7. The van der Waals surface area contributed by atoms with Crippen molar-refractivity contribution in [3.05, 3.63) is 138 Å². The van der Waals surface area contributed by atoms with Crippen LogP contribution in [0, 0.1) is 0 Å². The molecule has 0 spiro atoms. The Morgan fingerprint density at radius 1 is 0.564 bits per heavy atom. The van der Waals surface area contributed by atoms with Crippen LogP contribution in [0.4, 0.5) is 0 Å². The van der Waals surface area contributed by atoms with Crippen LogP contribution in [0.2, 0.25) is 0 Å². The van der Waals surface area contributed by atoms with Crippen molar-refractivity contribution in [2.45, 2.75) is 19.3 Å². The van der Waals surface area contributed by atoms with Gasteiger partial charge in [0.25, 0.3) is 0 Å². The molecule has 0 saturated heterocycles. The number of benzene rings is 5. The van der Waals surface area contributed by atoms with E-state index in [2.05, 4.69) is 146 Å². The van der Waals surface area contributed by atoms with Gasteiger partial charge in [-0.15, -0.1) is 11.3 Å². The Morgan fingerprint density at radius 3 is 1.92 bits per heavy atom. The van der Waals surface area contributed by atoms with Gasteiger partial charge in [0, 0.05) is 42.8 Å². The number of rotatable bonds is 3. The highest BCUT2D eigenvalue weighted by molar-refractivity contribution is 7.17. The molecule has 5 aromatic carbocycles. The van der Waals surface area contributed by atoms with Crippen LogP contribution in [0.3, 0.4) is 0 Å². The fourth-order valence-electron chi connectivity index (χ4n) is 6.57. The molecule has 0 saturated carbocycles. The third-order valence-corrected chi connectivity index (χ3v) is 9.92. The first-order chi connectivity index (χ1) is 19.1. The van der Waals surface area contributed by atoms with Crippen molar-refractivity contribution in [2.24, 2.45) is 0 Å². The fourth-order valence-corrected chi connectivity index (χ4v) is 8.02. The summed E-state index contributed by atoms with van der Waals surface area (Å²) in [6.07, 6.45) is 0. The first-order valence-corrected chi connectivity index (χ1v) is 14.4. The number of nitrogens with zero attached hydrogens (tertiary/aromatic N) is 1. The summed E-state index contributed by atoms with van der Waals surface area (Å²) >= 11 is 1.96. The normalized spacial score (nSPS) is 13.6. The number of fused-ring (bicyclic) bond motifs is 6. The molecule has 0 fully saturated rings. The lowest BCUT2D eigenvalue weighted by Crippen LogP contribution is -2.13. The van der Waals surface area contributed by atoms with Gasteiger partial charge < -0.3 is 4.57 Å². The predicted octanol–water partition coefficient (Wildman–Crippen LogP) is 10.5. The lowest BCUT2D eigenvalue weighted by atomic mass is 9.87. The van der Waals surface area contributed by atoms with E-state index in [0.717, 1.165) is 0 Å². The topological polar surface area (TPSA) is 4.93 Å². The molecule has 39 heavy (non-hydrogen) atoms. The minimum Gasteiger partial charge on any atom is -0.309 e. The summed E-state index contributed by atoms with van der Waals surface area (Å²) in [6, 6.07) is 46.5. The average molecular weight is 518 g/mol. The first-order valence-electron chi connectivity index (χ1n) is 13.5. The lowest BCUT2D eigenvalue weighted by molar-refractivity contribution is 0.674. The molecule has 0 atom stereocenters. The van der Waals surface area contributed by atoms with Crippen LogP contribution in [-0.4, -0.2) is 4.57 Å². The van der Waals surface area contributed by atoms with E-state index in [-0.39, 0.29) is 5.41 Å². The number of aromatic nitrogens is 1. The molecule has 1 aliphatic carbocycles. The van der Waals surface area contributed by atoms with Gasteiger partial charge in [0.2, 0.25) is 0 Å². The van der Waals surface area contributed by atoms with Crippen molar-refractivity contribution in [1.29, 1.82) is 0 Å². The smallest absolute Gasteiger partial charge is 0.0541 e. The van der Waals surface area contributed by atoms with Crippen molar-refractivity contribution >= 4 is 33.1 Å². The van der Waals surface area contributed by atoms with Crippen LogP contribution in [0.15, 0.2) is 127 Å². The molecule has 1 nitrogen and oxygen atoms in total. The van der Waals surface area contributed by atoms with E-state index in [4.69, 9.17) is 0 Å². The van der Waals surface area contributed by atoms with Gasteiger partial charge >= 0.3 is 0 Å². The summed E-state index contributed by atoms with van der Waals surface area (Å²) in [5, 5.41) is 2.58. The minimum atomic E-state index is -0.0250. The van der Waals surface area contributed by atoms with Gasteiger partial charge in [0.15, 0.2) is 0 Å². The number of hydrogen-bond acceptors (Lipinski definition) is 1. The summed E-state index contributed by atoms with van der Waals surface area (Å²) in [7, 11) is 0. The van der Waals surface area contributed by atoms with E-state index in [1.165, 1.54) is 70.6 Å². The molecule has 8 rings (SSSR count). The third-order valence-electron chi connectivity index (χ3n) is 8.35. The summed E-state index contributed by atoms with van der Waals surface area (Å²) in [6.45, 7) is 4.75. The molecule has 0 radical (unpaired) electrons. The molecule has 0 aliphatic heterocycles. The molecule has 1 aliphatic rings. The Hall–Kier alpha value is -4.40. The van der Waals surface area contributed by atoms with Crippen LogP contribution in [0.25, 0.3) is 60.2 Å². The van der Waals surface area contributed by atoms with Gasteiger partial charge in [-0.2, -0.15) is 0 Å². The number of para-hydroxylation sites is 2.